The minimum absolute atomic E-state index is 0. The molecule has 597 valence electrons. The van der Waals surface area contributed by atoms with E-state index in [9.17, 15) is 19.2 Å². The molecule has 3 spiro atoms. The number of benzene rings is 7. The van der Waals surface area contributed by atoms with Crippen molar-refractivity contribution in [3.05, 3.63) is 243 Å². The third-order valence-corrected chi connectivity index (χ3v) is 21.0. The van der Waals surface area contributed by atoms with Crippen LogP contribution in [-0.2, 0) is 51.2 Å². The molecule has 10 N–H and O–H groups in total. The molecule has 7 aromatic carbocycles. The molecule has 19 rings (SSSR count). The molecule has 1 saturated heterocycles. The van der Waals surface area contributed by atoms with Gasteiger partial charge in [-0.05, 0) is 162 Å². The van der Waals surface area contributed by atoms with Crippen LogP contribution in [0.3, 0.4) is 0 Å². The first kappa shape index (κ1) is 91.5. The van der Waals surface area contributed by atoms with Gasteiger partial charge in [0, 0.05) is 88.0 Å². The number of amides is 3. The van der Waals surface area contributed by atoms with E-state index in [0.29, 0.717) is 96.7 Å². The molecule has 1 fully saturated rings. The van der Waals surface area contributed by atoms with Crippen molar-refractivity contribution in [1.29, 1.82) is 5.26 Å². The molecule has 12 heterocycles. The largest absolute Gasteiger partial charge is 1.00 e. The number of nitrogens with two attached hydrogens (primary N) is 3. The standard InChI is InChI=1S/C15H14N4O2.C11H9BrN2O3.C11H11BrN2O2.C10H12BrNO2.2C9H7BrO2.C9H7BrO.C4H4BN2O2.CN.CH4.K/c16-14-19-15(8-21-14)4-11-3-10(1-2-13(11)20-7-15)12-5-17-9-18-6-12;12-7-1-2-8-6(3-7)4-11(5-17-8)9(15)13-10(16)14-11;12-8-1-2-9-7(3-8)4-11(5-15-9)6-16-10(13)14-11;11-8-1-2-9-7(3-8)4-10(12,5-13)6-14-9;10-7-1-2-9-6(3-7)4-8(11)5-12-9;10-6-1-2-9-7(5-6)8(11)3-4-12-9;10-8-3-4-9-7(6-8)2-1-5-11-9;8-5-9-4-1-6-3-7-2-4;1-2;;/h1-3,5-6,9H,4,7-8H2,(H2,16,19);1-3H,4-5H2,(H2,13,14,15,16);1-3H,4-6H2,(H2,13,14);1-3,13H,4-6,12H2;1-3H,4-5H2;1-2,5H,3-4H2;1-4,6H,5H2;1-3,8H;;1H4;/q;;;;;;;;-1;;+1. The minimum atomic E-state index is -0.953. The first-order chi connectivity index (χ1) is 54.9. The zero-order valence-electron chi connectivity index (χ0n) is 61.4. The quantitative estimate of drug-likeness (QED) is 0.0490. The van der Waals surface area contributed by atoms with Gasteiger partial charge in [0.05, 0.1) is 36.7 Å². The number of fused-ring (bicyclic) bond motifs is 7. The summed E-state index contributed by atoms with van der Waals surface area (Å²) in [5.74, 6) is 6.33. The Morgan fingerprint density at radius 3 is 1.53 bits per heavy atom. The van der Waals surface area contributed by atoms with E-state index >= 15 is 0 Å². The second-order valence-electron chi connectivity index (χ2n) is 26.6. The fourth-order valence-electron chi connectivity index (χ4n) is 12.6. The molecule has 4 atom stereocenters. The number of carbonyl (C=O) groups is 4. The second kappa shape index (κ2) is 42.8. The van der Waals surface area contributed by atoms with Gasteiger partial charge in [0.1, 0.15) is 123 Å². The number of urea groups is 1. The number of aromatic nitrogens is 4. The minimum Gasteiger partial charge on any atom is -0.535 e. The Bertz CT molecular complexity index is 5110. The van der Waals surface area contributed by atoms with Gasteiger partial charge in [-0.1, -0.05) is 115 Å². The number of aliphatic imine (C=N–C) groups is 2. The molecule has 0 saturated carbocycles. The van der Waals surface area contributed by atoms with Gasteiger partial charge in [-0.15, -0.1) is 0 Å². The number of hydrogen-bond acceptors (Lipinski definition) is 26. The van der Waals surface area contributed by atoms with Gasteiger partial charge in [0.25, 0.3) is 18.0 Å². The average Bonchev–Trinajstić information content (AvgIpc) is 1.59. The van der Waals surface area contributed by atoms with Gasteiger partial charge < -0.3 is 91.8 Å². The first-order valence-corrected chi connectivity index (χ1v) is 39.5. The SMILES string of the molecule is Brc1ccc2c(c1)C=CCO2.C.NC1(CO)COc2ccc(Br)cc2C1.NC1=NC2(CO1)COc1ccc(-c3cncnc3)cc1C2.NC1=NC2(CO1)COc1ccc(Br)cc1C2.O=C1CCOc2ccc(Br)cc21.O=C1COc2ccc(Br)cc2C1.O=C1NC(=O)C2(COc3ccc(Br)cc3C2)N1.O[B]Oc1cncnc1.[C-]#N.[K+]. The summed E-state index contributed by atoms with van der Waals surface area (Å²) in [5.41, 5.74) is 23.9. The van der Waals surface area contributed by atoms with Crippen LogP contribution in [0.1, 0.15) is 57.6 Å². The average molecular weight is 1990 g/mol. The Hall–Kier alpha value is -8.39. The van der Waals surface area contributed by atoms with Crippen LogP contribution >= 0.6 is 95.6 Å². The maximum atomic E-state index is 11.8. The van der Waals surface area contributed by atoms with Crippen molar-refractivity contribution in [3.63, 3.8) is 0 Å². The van der Waals surface area contributed by atoms with Crippen molar-refractivity contribution in [2.75, 3.05) is 66.1 Å². The monoisotopic (exact) mass is 1980 g/mol. The molecular weight excluding hydrogens is 1910 g/mol. The van der Waals surface area contributed by atoms with E-state index in [4.69, 9.17) is 81.8 Å². The molecule has 4 unspecified atom stereocenters. The zero-order valence-corrected chi connectivity index (χ0v) is 74.0. The van der Waals surface area contributed by atoms with Gasteiger partial charge in [0.2, 0.25) is 0 Å². The van der Waals surface area contributed by atoms with Crippen LogP contribution in [0.2, 0.25) is 0 Å². The summed E-state index contributed by atoms with van der Waals surface area (Å²) in [4.78, 5) is 69.4. The number of nitrogens with one attached hydrogen (secondary N) is 2. The summed E-state index contributed by atoms with van der Waals surface area (Å²) < 4.78 is 59.4. The van der Waals surface area contributed by atoms with Gasteiger partial charge in [-0.3, -0.25) is 19.7 Å². The summed E-state index contributed by atoms with van der Waals surface area (Å²) in [6, 6.07) is 40.8. The van der Waals surface area contributed by atoms with Gasteiger partial charge in [-0.2, -0.15) is 0 Å². The molecule has 36 heteroatoms. The van der Waals surface area contributed by atoms with Crippen molar-refractivity contribution in [2.24, 2.45) is 27.2 Å². The predicted molar refractivity (Wildman–Crippen MR) is 449 cm³/mol. The van der Waals surface area contributed by atoms with Crippen LogP contribution in [0.4, 0.5) is 4.79 Å². The molecule has 1 radical (unpaired) electrons. The normalized spacial score (nSPS) is 20.0. The molecule has 0 aliphatic carbocycles. The number of nitrogens with zero attached hydrogens (tertiary/aromatic N) is 7. The Morgan fingerprint density at radius 2 is 0.991 bits per heavy atom. The van der Waals surface area contributed by atoms with Crippen LogP contribution in [0.15, 0.2) is 208 Å². The van der Waals surface area contributed by atoms with Crippen molar-refractivity contribution in [1.82, 2.24) is 30.6 Å². The maximum Gasteiger partial charge on any atom is 1.00 e. The van der Waals surface area contributed by atoms with Gasteiger partial charge in [0.15, 0.2) is 17.1 Å². The number of hydrogen-bond donors (Lipinski definition) is 7. The van der Waals surface area contributed by atoms with Gasteiger partial charge in [-0.25, -0.2) is 34.7 Å². The van der Waals surface area contributed by atoms with Crippen LogP contribution in [0, 0.1) is 11.8 Å². The second-order valence-corrected chi connectivity index (χ2v) is 32.1. The molecule has 10 aliphatic heterocycles. The molecule has 28 nitrogen and oxygen atoms in total. The van der Waals surface area contributed by atoms with Crippen LogP contribution in [-0.4, -0.2) is 162 Å². The van der Waals surface area contributed by atoms with E-state index in [0.717, 1.165) is 119 Å². The number of rotatable bonds is 4. The molecule has 10 aliphatic rings. The zero-order chi connectivity index (χ0) is 81.0. The number of ether oxygens (including phenoxy) is 9. The number of aliphatic hydroxyl groups excluding tert-OH is 1. The topological polar surface area (TPSA) is 403 Å². The third kappa shape index (κ3) is 24.9. The first-order valence-electron chi connectivity index (χ1n) is 34.8. The maximum absolute atomic E-state index is 11.8. The van der Waals surface area contributed by atoms with E-state index in [2.05, 4.69) is 159 Å². The Kier molecular flexibility index (Phi) is 33.8. The van der Waals surface area contributed by atoms with E-state index in [1.165, 1.54) is 25.0 Å². The Morgan fingerprint density at radius 1 is 0.526 bits per heavy atom. The predicted octanol–water partition coefficient (Wildman–Crippen LogP) is 9.01. The summed E-state index contributed by atoms with van der Waals surface area (Å²) in [6.07, 6.45) is 17.1. The van der Waals surface area contributed by atoms with Gasteiger partial charge >= 0.3 is 65.1 Å². The third-order valence-electron chi connectivity index (χ3n) is 18.0. The number of aliphatic hydroxyl groups is 1. The van der Waals surface area contributed by atoms with E-state index < -0.39 is 17.1 Å². The van der Waals surface area contributed by atoms with Crippen molar-refractivity contribution in [3.8, 4) is 57.1 Å². The molecule has 2 aromatic heterocycles. The number of halogens is 6. The fourth-order valence-corrected chi connectivity index (χ4v) is 15.0. The fraction of sp³-hybridized carbons (Fsp3) is 0.263. The molecule has 116 heavy (non-hydrogen) atoms. The van der Waals surface area contributed by atoms with Crippen molar-refractivity contribution < 1.29 is 128 Å². The van der Waals surface area contributed by atoms with E-state index in [-0.39, 0.29) is 119 Å². The van der Waals surface area contributed by atoms with Crippen molar-refractivity contribution in [2.45, 2.75) is 68.1 Å². The molecule has 0 bridgehead atoms. The summed E-state index contributed by atoms with van der Waals surface area (Å²) in [6.45, 7) is 8.64. The van der Waals surface area contributed by atoms with Crippen LogP contribution in [0.25, 0.3) is 17.2 Å². The smallest absolute Gasteiger partial charge is 0.535 e. The number of Topliss-reactive ketones (excluding diaryl/α,β-unsaturated/α-hetero) is 2. The van der Waals surface area contributed by atoms with Crippen LogP contribution < -0.4 is 117 Å². The molecule has 9 aromatic rings. The van der Waals surface area contributed by atoms with Crippen LogP contribution in [0.5, 0.6) is 46.0 Å². The Balaban J connectivity index is 0.000000152. The van der Waals surface area contributed by atoms with Crippen molar-refractivity contribution >= 4 is 145 Å². The number of imide groups is 1. The Labute approximate surface area is 762 Å². The number of carbonyl (C=O) groups excluding carboxylic acids is 4. The van der Waals surface area contributed by atoms with E-state index in [1.54, 1.807) is 18.5 Å². The summed E-state index contributed by atoms with van der Waals surface area (Å²) >= 11 is 20.3. The molecular formula is C80H75BBr6KN12O16. The number of ketones is 2. The summed E-state index contributed by atoms with van der Waals surface area (Å²) in [5, 5.41) is 28.4. The number of amidine groups is 2. The molecule has 3 amide bonds. The summed E-state index contributed by atoms with van der Waals surface area (Å²) in [7, 11) is 0.582. The van der Waals surface area contributed by atoms with E-state index in [1.807, 2.05) is 115 Å².